The maximum atomic E-state index is 13.7. The highest BCUT2D eigenvalue weighted by Crippen LogP contribution is 2.30. The van der Waals surface area contributed by atoms with Crippen LogP contribution < -0.4 is 14.9 Å². The van der Waals surface area contributed by atoms with E-state index in [9.17, 15) is 18.0 Å². The summed E-state index contributed by atoms with van der Waals surface area (Å²) in [5, 5.41) is 3.48. The van der Waals surface area contributed by atoms with Crippen LogP contribution in [0.2, 0.25) is 0 Å². The topological polar surface area (TPSA) is 131 Å². The van der Waals surface area contributed by atoms with Crippen molar-refractivity contribution < 1.29 is 27.2 Å². The molecule has 2 aromatic heterocycles. The lowest BCUT2D eigenvalue weighted by atomic mass is 10.1. The molecular weight excluding hydrogens is 508 g/mol. The second-order valence-electron chi connectivity index (χ2n) is 8.49. The molecule has 11 heteroatoms. The zero-order valence-electron chi connectivity index (χ0n) is 21.0. The molecule has 0 aliphatic heterocycles. The Hall–Kier alpha value is -4.06. The number of aryl methyl sites for hydroxylation is 1. The Morgan fingerprint density at radius 2 is 1.84 bits per heavy atom. The Morgan fingerprint density at radius 3 is 2.55 bits per heavy atom. The van der Waals surface area contributed by atoms with E-state index in [1.165, 1.54) is 36.6 Å². The monoisotopic (exact) mass is 536 g/mol. The lowest BCUT2D eigenvalue weighted by Gasteiger charge is -2.30. The van der Waals surface area contributed by atoms with Gasteiger partial charge in [0, 0.05) is 19.0 Å². The molecule has 2 heterocycles. The van der Waals surface area contributed by atoms with E-state index in [2.05, 4.69) is 15.0 Å². The van der Waals surface area contributed by atoms with Crippen molar-refractivity contribution in [2.45, 2.75) is 17.9 Å². The molecular formula is C27H28N4O6S. The van der Waals surface area contributed by atoms with Gasteiger partial charge in [-0.05, 0) is 43.3 Å². The molecule has 0 aliphatic rings. The van der Waals surface area contributed by atoms with Gasteiger partial charge < -0.3 is 14.5 Å². The first-order valence-electron chi connectivity index (χ1n) is 11.8. The molecule has 2 amide bonds. The van der Waals surface area contributed by atoms with Gasteiger partial charge in [0.15, 0.2) is 6.04 Å². The first-order chi connectivity index (χ1) is 18.3. The molecule has 2 N–H and O–H groups in total. The van der Waals surface area contributed by atoms with E-state index in [1.807, 2.05) is 31.2 Å². The molecule has 0 fully saturated rings. The van der Waals surface area contributed by atoms with Crippen molar-refractivity contribution >= 4 is 38.4 Å². The highest BCUT2D eigenvalue weighted by atomic mass is 32.2. The average molecular weight is 537 g/mol. The predicted octanol–water partition coefficient (Wildman–Crippen LogP) is 2.95. The highest BCUT2D eigenvalue weighted by molar-refractivity contribution is 7.89. The number of furan rings is 1. The maximum Gasteiger partial charge on any atom is 0.251 e. The second-order valence-corrected chi connectivity index (χ2v) is 10.3. The van der Waals surface area contributed by atoms with Crippen LogP contribution in [0.15, 0.2) is 88.5 Å². The number of nitrogens with one attached hydrogen (secondary N) is 2. The summed E-state index contributed by atoms with van der Waals surface area (Å²) in [6.45, 7) is 1.70. The zero-order chi connectivity index (χ0) is 27.1. The number of hydrogen-bond acceptors (Lipinski definition) is 7. The number of carbonyl (C=O) groups is 2. The van der Waals surface area contributed by atoms with Crippen LogP contribution in [0.25, 0.3) is 10.9 Å². The van der Waals surface area contributed by atoms with Gasteiger partial charge in [-0.2, -0.15) is 0 Å². The maximum absolute atomic E-state index is 13.7. The summed E-state index contributed by atoms with van der Waals surface area (Å²) < 4.78 is 38.7. The number of ether oxygens (including phenoxy) is 1. The van der Waals surface area contributed by atoms with Crippen LogP contribution in [0.5, 0.6) is 0 Å². The number of hydrogen-bond donors (Lipinski definition) is 2. The molecule has 10 nitrogen and oxygen atoms in total. The molecule has 2 aromatic carbocycles. The Morgan fingerprint density at radius 1 is 1.08 bits per heavy atom. The third-order valence-corrected chi connectivity index (χ3v) is 7.21. The van der Waals surface area contributed by atoms with Crippen LogP contribution in [0.3, 0.4) is 0 Å². The summed E-state index contributed by atoms with van der Waals surface area (Å²) in [7, 11) is -2.49. The molecule has 38 heavy (non-hydrogen) atoms. The SMILES string of the molecule is COCCNC(=O)[C@H](c1ccco1)N(C(=O)CNS(=O)(=O)c1ccc(C)cc1)c1cnc2ccccc2c1. The van der Waals surface area contributed by atoms with E-state index in [0.29, 0.717) is 11.2 Å². The van der Waals surface area contributed by atoms with Crippen LogP contribution in [-0.2, 0) is 24.3 Å². The van der Waals surface area contributed by atoms with Gasteiger partial charge in [-0.15, -0.1) is 0 Å². The van der Waals surface area contributed by atoms with Crippen molar-refractivity contribution in [3.05, 3.63) is 90.5 Å². The van der Waals surface area contributed by atoms with Crippen LogP contribution in [-0.4, -0.2) is 52.0 Å². The number of rotatable bonds is 11. The van der Waals surface area contributed by atoms with Crippen molar-refractivity contribution in [3.63, 3.8) is 0 Å². The van der Waals surface area contributed by atoms with Gasteiger partial charge in [0.05, 0.1) is 41.7 Å². The van der Waals surface area contributed by atoms with E-state index in [1.54, 1.807) is 30.3 Å². The molecule has 0 spiro atoms. The minimum Gasteiger partial charge on any atom is -0.467 e. The Bertz CT molecular complexity index is 1500. The number of nitrogens with zero attached hydrogens (tertiary/aromatic N) is 2. The number of aromatic nitrogens is 1. The summed E-state index contributed by atoms with van der Waals surface area (Å²) in [4.78, 5) is 32.7. The third-order valence-electron chi connectivity index (χ3n) is 5.79. The van der Waals surface area contributed by atoms with Gasteiger partial charge in [-0.1, -0.05) is 35.9 Å². The van der Waals surface area contributed by atoms with Crippen molar-refractivity contribution in [2.75, 3.05) is 31.7 Å². The summed E-state index contributed by atoms with van der Waals surface area (Å²) >= 11 is 0. The van der Waals surface area contributed by atoms with Crippen LogP contribution in [0.1, 0.15) is 17.4 Å². The Balaban J connectivity index is 1.71. The van der Waals surface area contributed by atoms with E-state index in [0.717, 1.165) is 10.9 Å². The zero-order valence-corrected chi connectivity index (χ0v) is 21.8. The number of sulfonamides is 1. The van der Waals surface area contributed by atoms with Gasteiger partial charge >= 0.3 is 0 Å². The number of fused-ring (bicyclic) bond motifs is 1. The molecule has 0 unspecified atom stereocenters. The lowest BCUT2D eigenvalue weighted by Crippen LogP contribution is -2.48. The summed E-state index contributed by atoms with van der Waals surface area (Å²) in [6, 6.07) is 17.2. The van der Waals surface area contributed by atoms with E-state index >= 15 is 0 Å². The molecule has 0 radical (unpaired) electrons. The first-order valence-corrected chi connectivity index (χ1v) is 13.3. The summed E-state index contributed by atoms with van der Waals surface area (Å²) in [5.74, 6) is -1.01. The fourth-order valence-corrected chi connectivity index (χ4v) is 4.84. The second kappa shape index (κ2) is 12.0. The third kappa shape index (κ3) is 6.25. The molecule has 0 saturated heterocycles. The predicted molar refractivity (Wildman–Crippen MR) is 142 cm³/mol. The summed E-state index contributed by atoms with van der Waals surface area (Å²) in [6.07, 6.45) is 2.86. The lowest BCUT2D eigenvalue weighted by molar-refractivity contribution is -0.126. The number of methoxy groups -OCH3 is 1. The largest absolute Gasteiger partial charge is 0.467 e. The average Bonchev–Trinajstić information content (AvgIpc) is 3.45. The minimum absolute atomic E-state index is 0.0229. The fourth-order valence-electron chi connectivity index (χ4n) is 3.86. The quantitative estimate of drug-likeness (QED) is 0.282. The number of pyridine rings is 1. The summed E-state index contributed by atoms with van der Waals surface area (Å²) in [5.41, 5.74) is 1.89. The number of anilines is 1. The van der Waals surface area contributed by atoms with E-state index < -0.39 is 34.4 Å². The number of carbonyl (C=O) groups excluding carboxylic acids is 2. The van der Waals surface area contributed by atoms with Crippen LogP contribution in [0.4, 0.5) is 5.69 Å². The minimum atomic E-state index is -3.99. The van der Waals surface area contributed by atoms with Gasteiger partial charge in [0.1, 0.15) is 5.76 Å². The number of para-hydroxylation sites is 1. The fraction of sp³-hybridized carbons (Fsp3) is 0.222. The normalized spacial score (nSPS) is 12.3. The van der Waals surface area contributed by atoms with Crippen molar-refractivity contribution in [1.82, 2.24) is 15.0 Å². The smallest absolute Gasteiger partial charge is 0.251 e. The standard InChI is InChI=1S/C27H28N4O6S/c1-19-9-11-22(12-10-19)38(34,35)30-18-25(32)31(21-16-20-6-3-4-7-23(20)29-17-21)26(24-8-5-14-37-24)27(33)28-13-15-36-2/h3-12,14,16-17,26,30H,13,15,18H2,1-2H3,(H,28,33)/t26-/m0/s1. The van der Waals surface area contributed by atoms with Crippen molar-refractivity contribution in [1.29, 1.82) is 0 Å². The Kier molecular flexibility index (Phi) is 8.52. The molecule has 1 atom stereocenters. The van der Waals surface area contributed by atoms with E-state index in [4.69, 9.17) is 9.15 Å². The van der Waals surface area contributed by atoms with Crippen LogP contribution >= 0.6 is 0 Å². The van der Waals surface area contributed by atoms with E-state index in [-0.39, 0.29) is 23.8 Å². The highest BCUT2D eigenvalue weighted by Gasteiger charge is 2.35. The molecule has 4 rings (SSSR count). The molecule has 0 bridgehead atoms. The molecule has 4 aromatic rings. The van der Waals surface area contributed by atoms with Gasteiger partial charge in [0.2, 0.25) is 15.9 Å². The van der Waals surface area contributed by atoms with Gasteiger partial charge in [-0.3, -0.25) is 19.5 Å². The van der Waals surface area contributed by atoms with Crippen molar-refractivity contribution in [2.24, 2.45) is 0 Å². The van der Waals surface area contributed by atoms with Crippen molar-refractivity contribution in [3.8, 4) is 0 Å². The molecule has 0 aliphatic carbocycles. The number of amides is 2. The number of benzene rings is 2. The van der Waals surface area contributed by atoms with Crippen LogP contribution in [0, 0.1) is 6.92 Å². The molecule has 0 saturated carbocycles. The first kappa shape index (κ1) is 27.0. The molecule has 198 valence electrons. The van der Waals surface area contributed by atoms with Gasteiger partial charge in [0.25, 0.3) is 5.91 Å². The Labute approximate surface area is 220 Å². The van der Waals surface area contributed by atoms with Gasteiger partial charge in [-0.25, -0.2) is 13.1 Å².